The zero-order valence-corrected chi connectivity index (χ0v) is 13.7. The van der Waals surface area contributed by atoms with Crippen LogP contribution in [-0.2, 0) is 4.74 Å². The Kier molecular flexibility index (Phi) is 5.31. The quantitative estimate of drug-likeness (QED) is 0.845. The molecule has 2 aromatic rings. The predicted molar refractivity (Wildman–Crippen MR) is 90.3 cm³/mol. The third-order valence-electron chi connectivity index (χ3n) is 3.54. The molecule has 2 rings (SSSR count). The van der Waals surface area contributed by atoms with Crippen molar-refractivity contribution in [2.75, 3.05) is 19.5 Å². The number of ether oxygens (including phenoxy) is 1. The van der Waals surface area contributed by atoms with E-state index in [2.05, 4.69) is 15.4 Å². The van der Waals surface area contributed by atoms with Crippen molar-refractivity contribution in [2.45, 2.75) is 6.92 Å². The van der Waals surface area contributed by atoms with Gasteiger partial charge in [0.05, 0.1) is 12.7 Å². The van der Waals surface area contributed by atoms with Crippen LogP contribution in [0.4, 0.5) is 5.69 Å². The third kappa shape index (κ3) is 3.78. The van der Waals surface area contributed by atoms with Crippen molar-refractivity contribution < 1.29 is 19.1 Å². The SMILES string of the molecule is CNC(=O)c1ccc(C)c(NC(=O)c2ccc(C(=O)OC)cc2)c1. The van der Waals surface area contributed by atoms with E-state index in [1.165, 1.54) is 19.2 Å². The van der Waals surface area contributed by atoms with Crippen molar-refractivity contribution >= 4 is 23.5 Å². The van der Waals surface area contributed by atoms with Crippen LogP contribution in [0.15, 0.2) is 42.5 Å². The van der Waals surface area contributed by atoms with Crippen LogP contribution in [0, 0.1) is 6.92 Å². The van der Waals surface area contributed by atoms with Gasteiger partial charge in [0.2, 0.25) is 0 Å². The summed E-state index contributed by atoms with van der Waals surface area (Å²) < 4.78 is 4.62. The van der Waals surface area contributed by atoms with E-state index in [0.29, 0.717) is 22.4 Å². The van der Waals surface area contributed by atoms with Crippen LogP contribution in [0.3, 0.4) is 0 Å². The molecule has 0 aliphatic heterocycles. The zero-order chi connectivity index (χ0) is 17.7. The Balaban J connectivity index is 2.20. The molecule has 0 bridgehead atoms. The summed E-state index contributed by atoms with van der Waals surface area (Å²) >= 11 is 0. The Morgan fingerprint density at radius 1 is 0.875 bits per heavy atom. The minimum Gasteiger partial charge on any atom is -0.465 e. The molecule has 124 valence electrons. The lowest BCUT2D eigenvalue weighted by atomic mass is 10.1. The number of amides is 2. The Hall–Kier alpha value is -3.15. The first kappa shape index (κ1) is 17.2. The highest BCUT2D eigenvalue weighted by molar-refractivity contribution is 6.06. The van der Waals surface area contributed by atoms with Gasteiger partial charge in [-0.3, -0.25) is 9.59 Å². The molecule has 0 atom stereocenters. The van der Waals surface area contributed by atoms with E-state index in [9.17, 15) is 14.4 Å². The summed E-state index contributed by atoms with van der Waals surface area (Å²) in [6, 6.07) is 11.2. The van der Waals surface area contributed by atoms with Crippen LogP contribution in [0.25, 0.3) is 0 Å². The molecule has 6 heteroatoms. The van der Waals surface area contributed by atoms with E-state index in [1.54, 1.807) is 37.4 Å². The lowest BCUT2D eigenvalue weighted by Crippen LogP contribution is -2.19. The molecule has 24 heavy (non-hydrogen) atoms. The van der Waals surface area contributed by atoms with Gasteiger partial charge < -0.3 is 15.4 Å². The van der Waals surface area contributed by atoms with Crippen LogP contribution in [-0.4, -0.2) is 31.9 Å². The molecular formula is C18H18N2O4. The van der Waals surface area contributed by atoms with Gasteiger partial charge in [-0.2, -0.15) is 0 Å². The number of nitrogens with one attached hydrogen (secondary N) is 2. The van der Waals surface area contributed by atoms with E-state index < -0.39 is 5.97 Å². The van der Waals surface area contributed by atoms with Crippen LogP contribution in [0.1, 0.15) is 36.6 Å². The fourth-order valence-electron chi connectivity index (χ4n) is 2.11. The summed E-state index contributed by atoms with van der Waals surface area (Å²) in [5.41, 5.74) is 2.61. The number of hydrogen-bond donors (Lipinski definition) is 2. The standard InChI is InChI=1S/C18H18N2O4/c1-11-4-5-14(16(21)19-2)10-15(11)20-17(22)12-6-8-13(9-7-12)18(23)24-3/h4-10H,1-3H3,(H,19,21)(H,20,22). The van der Waals surface area contributed by atoms with Crippen molar-refractivity contribution in [3.63, 3.8) is 0 Å². The monoisotopic (exact) mass is 326 g/mol. The van der Waals surface area contributed by atoms with Gasteiger partial charge in [-0.25, -0.2) is 4.79 Å². The van der Waals surface area contributed by atoms with Gasteiger partial charge in [-0.05, 0) is 48.9 Å². The van der Waals surface area contributed by atoms with Crippen LogP contribution >= 0.6 is 0 Å². The molecule has 0 heterocycles. The summed E-state index contributed by atoms with van der Waals surface area (Å²) in [6.07, 6.45) is 0. The highest BCUT2D eigenvalue weighted by Crippen LogP contribution is 2.18. The highest BCUT2D eigenvalue weighted by atomic mass is 16.5. The summed E-state index contributed by atoms with van der Waals surface area (Å²) in [5.74, 6) is -1.02. The maximum Gasteiger partial charge on any atom is 0.337 e. The Labute approximate surface area is 139 Å². The zero-order valence-electron chi connectivity index (χ0n) is 13.7. The Morgan fingerprint density at radius 3 is 2.04 bits per heavy atom. The van der Waals surface area contributed by atoms with Crippen LogP contribution < -0.4 is 10.6 Å². The first-order valence-corrected chi connectivity index (χ1v) is 7.28. The predicted octanol–water partition coefficient (Wildman–Crippen LogP) is 2.39. The number of esters is 1. The van der Waals surface area contributed by atoms with Gasteiger partial charge >= 0.3 is 5.97 Å². The number of methoxy groups -OCH3 is 1. The second-order valence-corrected chi connectivity index (χ2v) is 5.13. The summed E-state index contributed by atoms with van der Waals surface area (Å²) in [7, 11) is 2.84. The average molecular weight is 326 g/mol. The molecule has 2 N–H and O–H groups in total. The van der Waals surface area contributed by atoms with Gasteiger partial charge in [0.1, 0.15) is 0 Å². The van der Waals surface area contributed by atoms with E-state index in [1.807, 2.05) is 6.92 Å². The van der Waals surface area contributed by atoms with E-state index in [-0.39, 0.29) is 11.8 Å². The lowest BCUT2D eigenvalue weighted by Gasteiger charge is -2.10. The average Bonchev–Trinajstić information content (AvgIpc) is 2.62. The van der Waals surface area contributed by atoms with E-state index in [0.717, 1.165) is 5.56 Å². The summed E-state index contributed by atoms with van der Waals surface area (Å²) in [5, 5.41) is 5.31. The van der Waals surface area contributed by atoms with Gasteiger partial charge in [0, 0.05) is 23.9 Å². The molecule has 0 radical (unpaired) electrons. The molecule has 0 fully saturated rings. The summed E-state index contributed by atoms with van der Waals surface area (Å²) in [6.45, 7) is 1.84. The van der Waals surface area contributed by atoms with Crippen molar-refractivity contribution in [1.82, 2.24) is 5.32 Å². The fraction of sp³-hybridized carbons (Fsp3) is 0.167. The molecule has 6 nitrogen and oxygen atoms in total. The Bertz CT molecular complexity index is 782. The smallest absolute Gasteiger partial charge is 0.337 e. The first-order valence-electron chi connectivity index (χ1n) is 7.28. The molecule has 0 saturated heterocycles. The molecule has 0 aliphatic carbocycles. The van der Waals surface area contributed by atoms with Crippen LogP contribution in [0.2, 0.25) is 0 Å². The Morgan fingerprint density at radius 2 is 1.46 bits per heavy atom. The van der Waals surface area contributed by atoms with Crippen molar-refractivity contribution in [3.05, 3.63) is 64.7 Å². The van der Waals surface area contributed by atoms with E-state index >= 15 is 0 Å². The second-order valence-electron chi connectivity index (χ2n) is 5.13. The topological polar surface area (TPSA) is 84.5 Å². The molecule has 0 spiro atoms. The van der Waals surface area contributed by atoms with Gasteiger partial charge in [0.25, 0.3) is 11.8 Å². The minimum atomic E-state index is -0.462. The maximum absolute atomic E-state index is 12.3. The molecule has 0 aromatic heterocycles. The fourth-order valence-corrected chi connectivity index (χ4v) is 2.11. The number of carbonyl (C=O) groups is 3. The molecule has 2 aromatic carbocycles. The largest absolute Gasteiger partial charge is 0.465 e. The van der Waals surface area contributed by atoms with Crippen molar-refractivity contribution in [1.29, 1.82) is 0 Å². The first-order chi connectivity index (χ1) is 11.5. The van der Waals surface area contributed by atoms with Gasteiger partial charge in [-0.1, -0.05) is 6.07 Å². The van der Waals surface area contributed by atoms with E-state index in [4.69, 9.17) is 0 Å². The van der Waals surface area contributed by atoms with Gasteiger partial charge in [-0.15, -0.1) is 0 Å². The maximum atomic E-state index is 12.3. The number of carbonyl (C=O) groups excluding carboxylic acids is 3. The van der Waals surface area contributed by atoms with Crippen molar-refractivity contribution in [2.24, 2.45) is 0 Å². The normalized spacial score (nSPS) is 9.96. The molecule has 0 unspecified atom stereocenters. The van der Waals surface area contributed by atoms with Gasteiger partial charge in [0.15, 0.2) is 0 Å². The molecule has 2 amide bonds. The van der Waals surface area contributed by atoms with Crippen LogP contribution in [0.5, 0.6) is 0 Å². The number of rotatable bonds is 4. The minimum absolute atomic E-state index is 0.229. The number of benzene rings is 2. The number of hydrogen-bond acceptors (Lipinski definition) is 4. The van der Waals surface area contributed by atoms with Crippen molar-refractivity contribution in [3.8, 4) is 0 Å². The second kappa shape index (κ2) is 7.41. The number of anilines is 1. The third-order valence-corrected chi connectivity index (χ3v) is 3.54. The summed E-state index contributed by atoms with van der Waals surface area (Å²) in [4.78, 5) is 35.4. The lowest BCUT2D eigenvalue weighted by molar-refractivity contribution is 0.0600. The molecular weight excluding hydrogens is 308 g/mol. The molecule has 0 aliphatic rings. The number of aryl methyl sites for hydroxylation is 1. The molecule has 0 saturated carbocycles. The highest BCUT2D eigenvalue weighted by Gasteiger charge is 2.12.